The molecule has 118 valence electrons. The molecule has 3 unspecified atom stereocenters. The summed E-state index contributed by atoms with van der Waals surface area (Å²) in [6, 6.07) is 0.859. The number of fused-ring (bicyclic) bond motifs is 2. The normalized spacial score (nSPS) is 30.8. The highest BCUT2D eigenvalue weighted by Gasteiger charge is 2.40. The molecule has 2 saturated heterocycles. The van der Waals surface area contributed by atoms with E-state index in [4.69, 9.17) is 5.73 Å². The molecule has 1 aromatic heterocycles. The number of hydrogen-bond acceptors (Lipinski definition) is 5. The Morgan fingerprint density at radius 2 is 1.86 bits per heavy atom. The van der Waals surface area contributed by atoms with Crippen molar-refractivity contribution < 1.29 is 10.2 Å². The van der Waals surface area contributed by atoms with Gasteiger partial charge in [-0.05, 0) is 39.5 Å². The van der Waals surface area contributed by atoms with Gasteiger partial charge in [-0.3, -0.25) is 9.58 Å². The summed E-state index contributed by atoms with van der Waals surface area (Å²) in [5.74, 6) is 0. The van der Waals surface area contributed by atoms with Crippen LogP contribution in [0.15, 0.2) is 0 Å². The SMILES string of the molecule is Cc1nn(CC(O)CN2C3CCC2CC(O)C3)c(C)c1N. The van der Waals surface area contributed by atoms with Crippen molar-refractivity contribution in [3.8, 4) is 0 Å². The van der Waals surface area contributed by atoms with E-state index in [9.17, 15) is 10.2 Å². The summed E-state index contributed by atoms with van der Waals surface area (Å²) >= 11 is 0. The van der Waals surface area contributed by atoms with Gasteiger partial charge in [0.15, 0.2) is 0 Å². The molecule has 0 aliphatic carbocycles. The van der Waals surface area contributed by atoms with Crippen LogP contribution < -0.4 is 5.73 Å². The minimum Gasteiger partial charge on any atom is -0.396 e. The molecular formula is C15H26N4O2. The standard InChI is InChI=1S/C15H26N4O2/c1-9-15(16)10(2)19(17-9)8-14(21)7-18-11-3-4-12(18)6-13(20)5-11/h11-14,20-21H,3-8,16H2,1-2H3. The summed E-state index contributed by atoms with van der Waals surface area (Å²) < 4.78 is 1.80. The van der Waals surface area contributed by atoms with Gasteiger partial charge in [0.25, 0.3) is 0 Å². The maximum atomic E-state index is 10.4. The van der Waals surface area contributed by atoms with Crippen LogP contribution in [0.4, 0.5) is 5.69 Å². The van der Waals surface area contributed by atoms with Gasteiger partial charge in [0, 0.05) is 18.6 Å². The van der Waals surface area contributed by atoms with Crippen LogP contribution in [-0.2, 0) is 6.54 Å². The van der Waals surface area contributed by atoms with Crippen molar-refractivity contribution in [1.29, 1.82) is 0 Å². The van der Waals surface area contributed by atoms with Crippen molar-refractivity contribution in [3.05, 3.63) is 11.4 Å². The van der Waals surface area contributed by atoms with E-state index in [1.807, 2.05) is 13.8 Å². The molecule has 0 radical (unpaired) electrons. The molecule has 0 amide bonds. The maximum absolute atomic E-state index is 10.4. The first-order valence-corrected chi connectivity index (χ1v) is 7.87. The Balaban J connectivity index is 1.62. The zero-order valence-corrected chi connectivity index (χ0v) is 12.9. The summed E-state index contributed by atoms with van der Waals surface area (Å²) in [7, 11) is 0. The van der Waals surface area contributed by atoms with Crippen LogP contribution in [0.1, 0.15) is 37.1 Å². The van der Waals surface area contributed by atoms with E-state index >= 15 is 0 Å². The fourth-order valence-corrected chi connectivity index (χ4v) is 3.93. The molecule has 1 aromatic rings. The summed E-state index contributed by atoms with van der Waals surface area (Å²) in [5, 5.41) is 24.6. The predicted octanol–water partition coefficient (Wildman–Crippen LogP) is 0.431. The Morgan fingerprint density at radius 1 is 1.24 bits per heavy atom. The number of hydrogen-bond donors (Lipinski definition) is 3. The second kappa shape index (κ2) is 5.59. The third-order valence-corrected chi connectivity index (χ3v) is 5.10. The Morgan fingerprint density at radius 3 is 2.38 bits per heavy atom. The van der Waals surface area contributed by atoms with Gasteiger partial charge in [0.1, 0.15) is 0 Å². The number of aryl methyl sites for hydroxylation is 1. The summed E-state index contributed by atoms with van der Waals surface area (Å²) in [5.41, 5.74) is 8.38. The van der Waals surface area contributed by atoms with Gasteiger partial charge < -0.3 is 15.9 Å². The number of aliphatic hydroxyl groups excluding tert-OH is 2. The van der Waals surface area contributed by atoms with Gasteiger partial charge in [-0.1, -0.05) is 0 Å². The van der Waals surface area contributed by atoms with Crippen molar-refractivity contribution in [2.75, 3.05) is 12.3 Å². The first-order valence-electron chi connectivity index (χ1n) is 7.87. The average Bonchev–Trinajstić information content (AvgIpc) is 2.80. The number of aliphatic hydroxyl groups is 2. The number of rotatable bonds is 4. The van der Waals surface area contributed by atoms with Crippen LogP contribution >= 0.6 is 0 Å². The molecule has 6 nitrogen and oxygen atoms in total. The predicted molar refractivity (Wildman–Crippen MR) is 80.9 cm³/mol. The van der Waals surface area contributed by atoms with Crippen LogP contribution in [0.2, 0.25) is 0 Å². The van der Waals surface area contributed by atoms with Gasteiger partial charge in [0.05, 0.1) is 35.8 Å². The molecule has 0 saturated carbocycles. The zero-order valence-electron chi connectivity index (χ0n) is 12.9. The molecule has 2 aliphatic heterocycles. The molecule has 2 aliphatic rings. The Bertz CT molecular complexity index is 502. The van der Waals surface area contributed by atoms with Crippen LogP contribution in [0.5, 0.6) is 0 Å². The van der Waals surface area contributed by atoms with Crippen molar-refractivity contribution >= 4 is 5.69 Å². The second-order valence-corrected chi connectivity index (χ2v) is 6.63. The van der Waals surface area contributed by atoms with E-state index in [-0.39, 0.29) is 6.10 Å². The monoisotopic (exact) mass is 294 g/mol. The van der Waals surface area contributed by atoms with E-state index in [0.29, 0.717) is 30.9 Å². The number of piperidine rings is 1. The smallest absolute Gasteiger partial charge is 0.0863 e. The average molecular weight is 294 g/mol. The largest absolute Gasteiger partial charge is 0.396 e. The van der Waals surface area contributed by atoms with Crippen molar-refractivity contribution in [2.45, 2.75) is 70.4 Å². The lowest BCUT2D eigenvalue weighted by molar-refractivity contribution is 0.00405. The van der Waals surface area contributed by atoms with E-state index in [1.54, 1.807) is 4.68 Å². The third-order valence-electron chi connectivity index (χ3n) is 5.10. The number of aromatic nitrogens is 2. The van der Waals surface area contributed by atoms with E-state index in [0.717, 1.165) is 37.1 Å². The zero-order chi connectivity index (χ0) is 15.1. The van der Waals surface area contributed by atoms with E-state index < -0.39 is 6.10 Å². The van der Waals surface area contributed by atoms with Crippen molar-refractivity contribution in [3.63, 3.8) is 0 Å². The molecule has 0 aromatic carbocycles. The maximum Gasteiger partial charge on any atom is 0.0863 e. The highest BCUT2D eigenvalue weighted by molar-refractivity contribution is 5.46. The molecule has 6 heteroatoms. The van der Waals surface area contributed by atoms with Crippen LogP contribution in [0, 0.1) is 13.8 Å². The first-order chi connectivity index (χ1) is 9.95. The minimum atomic E-state index is -0.458. The highest BCUT2D eigenvalue weighted by atomic mass is 16.3. The van der Waals surface area contributed by atoms with E-state index in [2.05, 4.69) is 10.00 Å². The number of nitrogens with two attached hydrogens (primary N) is 1. The second-order valence-electron chi connectivity index (χ2n) is 6.63. The topological polar surface area (TPSA) is 87.5 Å². The lowest BCUT2D eigenvalue weighted by Gasteiger charge is -2.38. The summed E-state index contributed by atoms with van der Waals surface area (Å²) in [6.07, 6.45) is 3.35. The summed E-state index contributed by atoms with van der Waals surface area (Å²) in [6.45, 7) is 4.95. The van der Waals surface area contributed by atoms with Crippen LogP contribution in [0.3, 0.4) is 0 Å². The molecule has 2 bridgehead atoms. The lowest BCUT2D eigenvalue weighted by atomic mass is 9.99. The fourth-order valence-electron chi connectivity index (χ4n) is 3.93. The van der Waals surface area contributed by atoms with Gasteiger partial charge in [0.2, 0.25) is 0 Å². The van der Waals surface area contributed by atoms with Gasteiger partial charge >= 0.3 is 0 Å². The molecule has 3 atom stereocenters. The van der Waals surface area contributed by atoms with E-state index in [1.165, 1.54) is 0 Å². The Labute approximate surface area is 125 Å². The fraction of sp³-hybridized carbons (Fsp3) is 0.800. The first kappa shape index (κ1) is 14.8. The molecule has 0 spiro atoms. The molecule has 3 heterocycles. The number of nitrogens with zero attached hydrogens (tertiary/aromatic N) is 3. The van der Waals surface area contributed by atoms with Crippen molar-refractivity contribution in [2.24, 2.45) is 0 Å². The van der Waals surface area contributed by atoms with Crippen LogP contribution in [-0.4, -0.2) is 55.7 Å². The molecule has 3 rings (SSSR count). The third kappa shape index (κ3) is 2.80. The van der Waals surface area contributed by atoms with Crippen molar-refractivity contribution in [1.82, 2.24) is 14.7 Å². The van der Waals surface area contributed by atoms with Gasteiger partial charge in [-0.15, -0.1) is 0 Å². The number of anilines is 1. The quantitative estimate of drug-likeness (QED) is 0.749. The minimum absolute atomic E-state index is 0.160. The highest BCUT2D eigenvalue weighted by Crippen LogP contribution is 2.35. The van der Waals surface area contributed by atoms with Gasteiger partial charge in [-0.25, -0.2) is 0 Å². The Kier molecular flexibility index (Phi) is 3.94. The molecule has 2 fully saturated rings. The molecular weight excluding hydrogens is 268 g/mol. The Hall–Kier alpha value is -1.11. The van der Waals surface area contributed by atoms with Gasteiger partial charge in [-0.2, -0.15) is 5.10 Å². The lowest BCUT2D eigenvalue weighted by Crippen LogP contribution is -2.48. The molecule has 21 heavy (non-hydrogen) atoms. The number of nitrogen functional groups attached to an aromatic ring is 1. The van der Waals surface area contributed by atoms with Crippen LogP contribution in [0.25, 0.3) is 0 Å². The molecule has 4 N–H and O–H groups in total. The summed E-state index contributed by atoms with van der Waals surface area (Å²) in [4.78, 5) is 2.38.